The second-order valence-electron chi connectivity index (χ2n) is 7.36. The zero-order valence-electron chi connectivity index (χ0n) is 18.6. The number of aryl methyl sites for hydroxylation is 1. The lowest BCUT2D eigenvalue weighted by Gasteiger charge is -2.25. The minimum atomic E-state index is -0.565. The third kappa shape index (κ3) is 8.50. The molecule has 7 nitrogen and oxygen atoms in total. The largest absolute Gasteiger partial charge is 0.447 e. The standard InChI is InChI=1S/C25H25Cl2N3O4/c1-18-3-2-4-23(17-18)30(13-15-33-24(31)28-21-9-5-19(26)6-10-21)14-16-34-25(32)29-22-11-7-20(27)8-12-22/h2-12,17H,13-16H2,1H3,(H,28,31)(H,29,32). The van der Waals surface area contributed by atoms with Crippen molar-refractivity contribution in [1.82, 2.24) is 0 Å². The maximum Gasteiger partial charge on any atom is 0.411 e. The Morgan fingerprint density at radius 3 is 1.68 bits per heavy atom. The van der Waals surface area contributed by atoms with Gasteiger partial charge in [-0.3, -0.25) is 10.6 Å². The van der Waals surface area contributed by atoms with Crippen molar-refractivity contribution in [3.05, 3.63) is 88.4 Å². The van der Waals surface area contributed by atoms with Gasteiger partial charge in [0.1, 0.15) is 13.2 Å². The summed E-state index contributed by atoms with van der Waals surface area (Å²) >= 11 is 11.7. The van der Waals surface area contributed by atoms with E-state index in [0.717, 1.165) is 11.3 Å². The molecule has 3 rings (SSSR count). The Morgan fingerprint density at radius 2 is 1.24 bits per heavy atom. The minimum Gasteiger partial charge on any atom is -0.447 e. The average Bonchev–Trinajstić information content (AvgIpc) is 2.81. The first kappa shape index (κ1) is 25.2. The number of anilines is 3. The molecule has 0 aliphatic carbocycles. The van der Waals surface area contributed by atoms with Crippen molar-refractivity contribution < 1.29 is 19.1 Å². The monoisotopic (exact) mass is 501 g/mol. The molecule has 0 aliphatic heterocycles. The Kier molecular flexibility index (Phi) is 9.43. The molecular formula is C25H25Cl2N3O4. The summed E-state index contributed by atoms with van der Waals surface area (Å²) in [7, 11) is 0. The van der Waals surface area contributed by atoms with Crippen LogP contribution in [-0.4, -0.2) is 38.5 Å². The molecule has 0 heterocycles. The normalized spacial score (nSPS) is 10.3. The molecule has 0 aromatic heterocycles. The zero-order valence-corrected chi connectivity index (χ0v) is 20.1. The van der Waals surface area contributed by atoms with E-state index in [1.54, 1.807) is 48.5 Å². The summed E-state index contributed by atoms with van der Waals surface area (Å²) in [5.74, 6) is 0. The van der Waals surface area contributed by atoms with Crippen molar-refractivity contribution in [2.24, 2.45) is 0 Å². The number of halogens is 2. The maximum absolute atomic E-state index is 12.1. The van der Waals surface area contributed by atoms with Crippen molar-refractivity contribution in [2.45, 2.75) is 6.92 Å². The fourth-order valence-corrected chi connectivity index (χ4v) is 3.32. The zero-order chi connectivity index (χ0) is 24.3. The Labute approximate surface area is 208 Å². The third-order valence-electron chi connectivity index (χ3n) is 4.74. The van der Waals surface area contributed by atoms with Gasteiger partial charge in [-0.05, 0) is 73.2 Å². The van der Waals surface area contributed by atoms with Gasteiger partial charge in [-0.15, -0.1) is 0 Å². The number of ether oxygens (including phenoxy) is 2. The van der Waals surface area contributed by atoms with Crippen LogP contribution >= 0.6 is 23.2 Å². The van der Waals surface area contributed by atoms with Crippen LogP contribution in [0.25, 0.3) is 0 Å². The van der Waals surface area contributed by atoms with Crippen molar-refractivity contribution in [2.75, 3.05) is 41.8 Å². The summed E-state index contributed by atoms with van der Waals surface area (Å²) in [5.41, 5.74) is 3.20. The Hall–Kier alpha value is -3.42. The molecule has 0 spiro atoms. The molecule has 0 bridgehead atoms. The van der Waals surface area contributed by atoms with E-state index < -0.39 is 12.2 Å². The number of amides is 2. The first-order valence-electron chi connectivity index (χ1n) is 10.6. The first-order valence-corrected chi connectivity index (χ1v) is 11.3. The van der Waals surface area contributed by atoms with E-state index in [9.17, 15) is 9.59 Å². The predicted octanol–water partition coefficient (Wildman–Crippen LogP) is 6.61. The number of carbonyl (C=O) groups is 2. The molecule has 3 aromatic carbocycles. The van der Waals surface area contributed by atoms with Gasteiger partial charge in [0.05, 0.1) is 13.1 Å². The van der Waals surface area contributed by atoms with Gasteiger partial charge in [0.25, 0.3) is 0 Å². The highest BCUT2D eigenvalue weighted by Gasteiger charge is 2.11. The van der Waals surface area contributed by atoms with E-state index in [-0.39, 0.29) is 13.2 Å². The molecule has 3 aromatic rings. The van der Waals surface area contributed by atoms with Crippen LogP contribution in [0.1, 0.15) is 5.56 Å². The second kappa shape index (κ2) is 12.7. The van der Waals surface area contributed by atoms with Crippen LogP contribution in [0.3, 0.4) is 0 Å². The molecule has 2 amide bonds. The fraction of sp³-hybridized carbons (Fsp3) is 0.200. The van der Waals surface area contributed by atoms with Crippen molar-refractivity contribution >= 4 is 52.5 Å². The number of nitrogens with one attached hydrogen (secondary N) is 2. The molecule has 9 heteroatoms. The van der Waals surface area contributed by atoms with Gasteiger partial charge in [0, 0.05) is 27.1 Å². The van der Waals surface area contributed by atoms with Gasteiger partial charge in [0.15, 0.2) is 0 Å². The molecule has 0 atom stereocenters. The average molecular weight is 502 g/mol. The SMILES string of the molecule is Cc1cccc(N(CCOC(=O)Nc2ccc(Cl)cc2)CCOC(=O)Nc2ccc(Cl)cc2)c1. The number of carbonyl (C=O) groups excluding carboxylic acids is 2. The van der Waals surface area contributed by atoms with Gasteiger partial charge < -0.3 is 14.4 Å². The van der Waals surface area contributed by atoms with E-state index in [1.165, 1.54) is 0 Å². The molecule has 0 saturated carbocycles. The predicted molar refractivity (Wildman–Crippen MR) is 136 cm³/mol. The lowest BCUT2D eigenvalue weighted by Crippen LogP contribution is -2.33. The van der Waals surface area contributed by atoms with E-state index in [0.29, 0.717) is 34.5 Å². The van der Waals surface area contributed by atoms with Crippen LogP contribution in [-0.2, 0) is 9.47 Å². The fourth-order valence-electron chi connectivity index (χ4n) is 3.07. The molecular weight excluding hydrogens is 477 g/mol. The van der Waals surface area contributed by atoms with Gasteiger partial charge in [-0.2, -0.15) is 0 Å². The molecule has 178 valence electrons. The third-order valence-corrected chi connectivity index (χ3v) is 5.24. The van der Waals surface area contributed by atoms with Gasteiger partial charge in [0.2, 0.25) is 0 Å². The highest BCUT2D eigenvalue weighted by Crippen LogP contribution is 2.17. The first-order chi connectivity index (χ1) is 16.4. The Morgan fingerprint density at radius 1 is 0.765 bits per heavy atom. The summed E-state index contributed by atoms with van der Waals surface area (Å²) in [6, 6.07) is 21.4. The van der Waals surface area contributed by atoms with Crippen LogP contribution in [0.4, 0.5) is 26.7 Å². The lowest BCUT2D eigenvalue weighted by molar-refractivity contribution is 0.159. The van der Waals surface area contributed by atoms with Crippen molar-refractivity contribution in [3.8, 4) is 0 Å². The lowest BCUT2D eigenvalue weighted by atomic mass is 10.2. The van der Waals surface area contributed by atoms with E-state index in [4.69, 9.17) is 32.7 Å². The second-order valence-corrected chi connectivity index (χ2v) is 8.23. The highest BCUT2D eigenvalue weighted by atomic mass is 35.5. The number of hydrogen-bond acceptors (Lipinski definition) is 5. The van der Waals surface area contributed by atoms with Gasteiger partial charge in [-0.1, -0.05) is 35.3 Å². The molecule has 34 heavy (non-hydrogen) atoms. The summed E-state index contributed by atoms with van der Waals surface area (Å²) in [6.07, 6.45) is -1.13. The van der Waals surface area contributed by atoms with Crippen molar-refractivity contribution in [1.29, 1.82) is 0 Å². The topological polar surface area (TPSA) is 79.9 Å². The number of nitrogens with zero attached hydrogens (tertiary/aromatic N) is 1. The molecule has 0 fully saturated rings. The van der Waals surface area contributed by atoms with Crippen LogP contribution in [0.15, 0.2) is 72.8 Å². The number of hydrogen-bond donors (Lipinski definition) is 2. The van der Waals surface area contributed by atoms with Gasteiger partial charge >= 0.3 is 12.2 Å². The smallest absolute Gasteiger partial charge is 0.411 e. The molecule has 2 N–H and O–H groups in total. The Bertz CT molecular complexity index is 1030. The molecule has 0 unspecified atom stereocenters. The quantitative estimate of drug-likeness (QED) is 0.345. The number of benzene rings is 3. The summed E-state index contributed by atoms with van der Waals surface area (Å²) in [4.78, 5) is 26.2. The van der Waals surface area contributed by atoms with Gasteiger partial charge in [-0.25, -0.2) is 9.59 Å². The minimum absolute atomic E-state index is 0.143. The molecule has 0 radical (unpaired) electrons. The summed E-state index contributed by atoms with van der Waals surface area (Å²) in [6.45, 7) is 3.11. The van der Waals surface area contributed by atoms with Crippen LogP contribution in [0.5, 0.6) is 0 Å². The highest BCUT2D eigenvalue weighted by molar-refractivity contribution is 6.30. The van der Waals surface area contributed by atoms with Crippen LogP contribution in [0.2, 0.25) is 10.0 Å². The van der Waals surface area contributed by atoms with Crippen molar-refractivity contribution in [3.63, 3.8) is 0 Å². The van der Waals surface area contributed by atoms with Crippen LogP contribution in [0, 0.1) is 6.92 Å². The number of rotatable bonds is 9. The summed E-state index contributed by atoms with van der Waals surface area (Å²) in [5, 5.41) is 6.47. The van der Waals surface area contributed by atoms with E-state index >= 15 is 0 Å². The maximum atomic E-state index is 12.1. The van der Waals surface area contributed by atoms with Crippen LogP contribution < -0.4 is 15.5 Å². The molecule has 0 saturated heterocycles. The van der Waals surface area contributed by atoms with E-state index in [2.05, 4.69) is 10.6 Å². The Balaban J connectivity index is 1.49. The summed E-state index contributed by atoms with van der Waals surface area (Å²) < 4.78 is 10.6. The van der Waals surface area contributed by atoms with E-state index in [1.807, 2.05) is 36.1 Å². The molecule has 0 aliphatic rings.